The molecule has 5 rings (SSSR count). The van der Waals surface area contributed by atoms with Crippen molar-refractivity contribution in [3.63, 3.8) is 0 Å². The Morgan fingerprint density at radius 1 is 1.07 bits per heavy atom. The second kappa shape index (κ2) is 10.8. The van der Waals surface area contributed by atoms with Crippen LogP contribution in [0.3, 0.4) is 0 Å². The summed E-state index contributed by atoms with van der Waals surface area (Å²) in [4.78, 5) is 64.8. The summed E-state index contributed by atoms with van der Waals surface area (Å²) in [7, 11) is 3.48. The molecule has 3 amide bonds. The predicted octanol–water partition coefficient (Wildman–Crippen LogP) is 2.17. The third-order valence-electron chi connectivity index (χ3n) is 8.59. The first-order chi connectivity index (χ1) is 20.7. The van der Waals surface area contributed by atoms with Crippen LogP contribution >= 0.6 is 0 Å². The maximum atomic E-state index is 14.0. The predicted molar refractivity (Wildman–Crippen MR) is 157 cm³/mol. The Labute approximate surface area is 251 Å². The van der Waals surface area contributed by atoms with Gasteiger partial charge in [-0.15, -0.1) is 0 Å². The van der Waals surface area contributed by atoms with Gasteiger partial charge in [0, 0.05) is 61.1 Å². The first kappa shape index (κ1) is 30.3. The maximum Gasteiger partial charge on any atom is 0.319 e. The number of urea groups is 1. The van der Waals surface area contributed by atoms with Crippen molar-refractivity contribution in [1.29, 1.82) is 0 Å². The number of aliphatic hydroxyl groups excluding tert-OH is 2. The Kier molecular flexibility index (Phi) is 7.46. The Balaban J connectivity index is 1.48. The van der Waals surface area contributed by atoms with E-state index in [1.54, 1.807) is 49.3 Å². The molecule has 3 atom stereocenters. The molecule has 2 aromatic rings. The van der Waals surface area contributed by atoms with Crippen molar-refractivity contribution in [2.75, 3.05) is 24.3 Å². The number of nitrogens with zero attached hydrogens (tertiary/aromatic N) is 1. The molecular weight excluding hydrogens is 572 g/mol. The highest BCUT2D eigenvalue weighted by Crippen LogP contribution is 2.52. The van der Waals surface area contributed by atoms with Crippen molar-refractivity contribution >= 4 is 40.7 Å². The molecule has 0 bridgehead atoms. The number of amides is 3. The van der Waals surface area contributed by atoms with E-state index in [2.05, 4.69) is 10.6 Å². The highest BCUT2D eigenvalue weighted by Gasteiger charge is 2.59. The Morgan fingerprint density at radius 3 is 2.32 bits per heavy atom. The van der Waals surface area contributed by atoms with Crippen LogP contribution in [0, 0.1) is 11.8 Å². The van der Waals surface area contributed by atoms with Crippen LogP contribution in [0.4, 0.5) is 16.2 Å². The molecule has 0 unspecified atom stereocenters. The van der Waals surface area contributed by atoms with E-state index < -0.39 is 63.8 Å². The number of carbonyl (C=O) groups is 5. The van der Waals surface area contributed by atoms with E-state index in [1.807, 2.05) is 0 Å². The molecule has 0 fully saturated rings. The molecule has 0 aromatic heterocycles. The summed E-state index contributed by atoms with van der Waals surface area (Å²) in [6, 6.07) is 7.28. The van der Waals surface area contributed by atoms with Crippen LogP contribution in [0.2, 0.25) is 0 Å². The van der Waals surface area contributed by atoms with Crippen LogP contribution in [-0.2, 0) is 22.6 Å². The summed E-state index contributed by atoms with van der Waals surface area (Å²) in [6.45, 7) is 1.23. The Hall–Kier alpha value is -5.17. The highest BCUT2D eigenvalue weighted by atomic mass is 16.3. The molecule has 3 aliphatic carbocycles. The average Bonchev–Trinajstić information content (AvgIpc) is 2.94. The SMILES string of the molecule is CC(=O)c1ccc(NC(=O)NCc2cc(N(C)C)c3c(c2O)C(=O)C2=C(O)[C@]4(O)C(=O)C(C(N)=O)=C(O)C[C@@H]4C[C@@H]2C3)cc1. The zero-order valence-corrected chi connectivity index (χ0v) is 24.2. The average molecular weight is 605 g/mol. The number of allylic oxidation sites excluding steroid dienone is 2. The maximum absolute atomic E-state index is 14.0. The number of nitrogens with two attached hydrogens (primary N) is 1. The van der Waals surface area contributed by atoms with E-state index in [1.165, 1.54) is 6.92 Å². The molecule has 0 saturated heterocycles. The normalized spacial score (nSPS) is 22.5. The van der Waals surface area contributed by atoms with E-state index >= 15 is 0 Å². The standard InChI is InChI=1S/C31H32N4O9/c1-13(36)14-4-6-18(7-5-14)34-30(43)33-12-16-10-20(35(2)3)19-9-15-8-17-11-21(37)24(29(32)42)28(41)31(17,44)27(40)22(15)26(39)23(19)25(16)38/h4-7,10,15,17,37-38,40,44H,8-9,11-12H2,1-3H3,(H2,32,42)(H2,33,34,43)/t15-,17+,31+/m1/s1. The van der Waals surface area contributed by atoms with Gasteiger partial charge >= 0.3 is 6.03 Å². The molecular formula is C31H32N4O9. The minimum atomic E-state index is -2.66. The van der Waals surface area contributed by atoms with Crippen molar-refractivity contribution in [3.8, 4) is 5.75 Å². The minimum absolute atomic E-state index is 0.0212. The molecule has 13 nitrogen and oxygen atoms in total. The van der Waals surface area contributed by atoms with Gasteiger partial charge in [0.05, 0.1) is 5.56 Å². The second-order valence-electron chi connectivity index (χ2n) is 11.5. The smallest absolute Gasteiger partial charge is 0.319 e. The topological polar surface area (TPSA) is 220 Å². The third kappa shape index (κ3) is 4.74. The van der Waals surface area contributed by atoms with Gasteiger partial charge in [-0.1, -0.05) is 0 Å². The van der Waals surface area contributed by atoms with E-state index in [-0.39, 0.29) is 48.3 Å². The van der Waals surface area contributed by atoms with Gasteiger partial charge in [0.25, 0.3) is 5.91 Å². The van der Waals surface area contributed by atoms with Crippen LogP contribution in [-0.4, -0.2) is 69.4 Å². The molecule has 0 heterocycles. The van der Waals surface area contributed by atoms with Gasteiger partial charge in [-0.2, -0.15) is 0 Å². The molecule has 0 spiro atoms. The fraction of sp³-hybridized carbons (Fsp3) is 0.323. The number of fused-ring (bicyclic) bond motifs is 3. The summed E-state index contributed by atoms with van der Waals surface area (Å²) >= 11 is 0. The minimum Gasteiger partial charge on any atom is -0.511 e. The molecule has 230 valence electrons. The number of hydrogen-bond donors (Lipinski definition) is 7. The molecule has 8 N–H and O–H groups in total. The third-order valence-corrected chi connectivity index (χ3v) is 8.59. The zero-order valence-electron chi connectivity index (χ0n) is 24.2. The number of anilines is 2. The molecule has 0 radical (unpaired) electrons. The molecule has 44 heavy (non-hydrogen) atoms. The number of phenolic OH excluding ortho intramolecular Hbond substituents is 1. The summed E-state index contributed by atoms with van der Waals surface area (Å²) in [5.74, 6) is -7.17. The number of phenols is 1. The lowest BCUT2D eigenvalue weighted by Gasteiger charge is -2.46. The number of hydrogen-bond acceptors (Lipinski definition) is 10. The number of rotatable bonds is 6. The highest BCUT2D eigenvalue weighted by molar-refractivity contribution is 6.24. The number of carbonyl (C=O) groups excluding carboxylic acids is 5. The summed E-state index contributed by atoms with van der Waals surface area (Å²) < 4.78 is 0. The monoisotopic (exact) mass is 604 g/mol. The number of benzene rings is 2. The lowest BCUT2D eigenvalue weighted by Crippen LogP contribution is -2.57. The van der Waals surface area contributed by atoms with Gasteiger partial charge in [0.1, 0.15) is 22.8 Å². The molecule has 3 aliphatic rings. The Morgan fingerprint density at radius 2 is 1.73 bits per heavy atom. The molecule has 0 aliphatic heterocycles. The Bertz CT molecular complexity index is 1710. The summed E-state index contributed by atoms with van der Waals surface area (Å²) in [5, 5.41) is 49.6. The quantitative estimate of drug-likeness (QED) is 0.188. The van der Waals surface area contributed by atoms with Gasteiger partial charge in [-0.25, -0.2) is 4.79 Å². The number of primary amides is 1. The van der Waals surface area contributed by atoms with Crippen molar-refractivity contribution in [1.82, 2.24) is 5.32 Å². The van der Waals surface area contributed by atoms with Crippen LogP contribution in [0.25, 0.3) is 0 Å². The number of ketones is 3. The molecule has 13 heteroatoms. The molecule has 2 aromatic carbocycles. The van der Waals surface area contributed by atoms with E-state index in [4.69, 9.17) is 5.73 Å². The number of Topliss-reactive ketones (excluding diaryl/α,β-unsaturated/α-hetero) is 3. The van der Waals surface area contributed by atoms with Gasteiger partial charge in [0.15, 0.2) is 17.2 Å². The van der Waals surface area contributed by atoms with Crippen LogP contribution in [0.15, 0.2) is 53.0 Å². The van der Waals surface area contributed by atoms with E-state index in [0.29, 0.717) is 22.5 Å². The van der Waals surface area contributed by atoms with Gasteiger partial charge in [-0.05, 0) is 61.6 Å². The van der Waals surface area contributed by atoms with Crippen molar-refractivity contribution < 1.29 is 44.4 Å². The van der Waals surface area contributed by atoms with Crippen molar-refractivity contribution in [2.24, 2.45) is 17.6 Å². The number of aromatic hydroxyl groups is 1. The summed E-state index contributed by atoms with van der Waals surface area (Å²) in [5.41, 5.74) is 3.47. The van der Waals surface area contributed by atoms with Crippen LogP contribution in [0.5, 0.6) is 5.75 Å². The van der Waals surface area contributed by atoms with Crippen molar-refractivity contribution in [2.45, 2.75) is 38.3 Å². The van der Waals surface area contributed by atoms with Gasteiger partial charge < -0.3 is 41.7 Å². The van der Waals surface area contributed by atoms with Crippen LogP contribution in [0.1, 0.15) is 51.6 Å². The first-order valence-electron chi connectivity index (χ1n) is 13.8. The van der Waals surface area contributed by atoms with Crippen LogP contribution < -0.4 is 21.3 Å². The lowest BCUT2D eigenvalue weighted by atomic mass is 9.60. The van der Waals surface area contributed by atoms with E-state index in [9.17, 15) is 44.4 Å². The number of nitrogens with one attached hydrogen (secondary N) is 2. The fourth-order valence-corrected chi connectivity index (χ4v) is 6.39. The second-order valence-corrected chi connectivity index (χ2v) is 11.5. The fourth-order valence-electron chi connectivity index (χ4n) is 6.39. The first-order valence-corrected chi connectivity index (χ1v) is 13.8. The molecule has 0 saturated carbocycles. The zero-order chi connectivity index (χ0) is 32.2. The summed E-state index contributed by atoms with van der Waals surface area (Å²) in [6.07, 6.45) is -0.137. The van der Waals surface area contributed by atoms with Crippen molar-refractivity contribution in [3.05, 3.63) is 75.3 Å². The van der Waals surface area contributed by atoms with Gasteiger partial charge in [-0.3, -0.25) is 19.2 Å². The number of aliphatic hydroxyl groups is 3. The van der Waals surface area contributed by atoms with E-state index in [0.717, 1.165) is 0 Å². The lowest BCUT2D eigenvalue weighted by molar-refractivity contribution is -0.144. The van der Waals surface area contributed by atoms with Gasteiger partial charge in [0.2, 0.25) is 5.78 Å². The largest absolute Gasteiger partial charge is 0.511 e.